The molecule has 0 saturated carbocycles. The molecule has 15 heavy (non-hydrogen) atoms. The summed E-state index contributed by atoms with van der Waals surface area (Å²) in [6.07, 6.45) is 1.05. The van der Waals surface area contributed by atoms with E-state index in [4.69, 9.17) is 4.98 Å². The van der Waals surface area contributed by atoms with Crippen LogP contribution in [0, 0.1) is 5.41 Å². The fourth-order valence-corrected chi connectivity index (χ4v) is 2.52. The van der Waals surface area contributed by atoms with Crippen LogP contribution in [0.4, 0.5) is 0 Å². The van der Waals surface area contributed by atoms with Gasteiger partial charge >= 0.3 is 0 Å². The zero-order chi connectivity index (χ0) is 11.7. The maximum Gasteiger partial charge on any atom is 0.0934 e. The molecule has 0 radical (unpaired) electrons. The van der Waals surface area contributed by atoms with Gasteiger partial charge in [0.2, 0.25) is 0 Å². The van der Waals surface area contributed by atoms with Gasteiger partial charge in [-0.15, -0.1) is 11.3 Å². The van der Waals surface area contributed by atoms with E-state index >= 15 is 0 Å². The van der Waals surface area contributed by atoms with Gasteiger partial charge in [-0.25, -0.2) is 4.98 Å². The first-order valence-electron chi connectivity index (χ1n) is 5.38. The van der Waals surface area contributed by atoms with E-state index in [1.54, 1.807) is 11.3 Å². The summed E-state index contributed by atoms with van der Waals surface area (Å²) in [4.78, 5) is 4.69. The lowest BCUT2D eigenvalue weighted by molar-refractivity contribution is 0.404. The minimum absolute atomic E-state index is 0.0212. The van der Waals surface area contributed by atoms with Crippen molar-refractivity contribution < 1.29 is 0 Å². The van der Waals surface area contributed by atoms with E-state index in [1.807, 2.05) is 7.05 Å². The van der Waals surface area contributed by atoms with Crippen molar-refractivity contribution in [1.29, 1.82) is 0 Å². The summed E-state index contributed by atoms with van der Waals surface area (Å²) in [6.45, 7) is 11.1. The highest BCUT2D eigenvalue weighted by atomic mass is 32.1. The molecule has 1 N–H and O–H groups in total. The fraction of sp³-hybridized carbons (Fsp3) is 0.750. The molecule has 0 spiro atoms. The summed E-state index contributed by atoms with van der Waals surface area (Å²) >= 11 is 1.77. The van der Waals surface area contributed by atoms with Crippen molar-refractivity contribution in [3.05, 3.63) is 16.1 Å². The molecule has 86 valence electrons. The van der Waals surface area contributed by atoms with Crippen LogP contribution in [0.5, 0.6) is 0 Å². The van der Waals surface area contributed by atoms with Crippen LogP contribution in [0.2, 0.25) is 0 Å². The zero-order valence-electron chi connectivity index (χ0n) is 10.6. The topological polar surface area (TPSA) is 24.9 Å². The molecule has 1 aromatic rings. The minimum atomic E-state index is -0.0212. The zero-order valence-corrected chi connectivity index (χ0v) is 11.5. The SMILES string of the molecule is CNC(C)(C)c1csc(CC(C)(C)C)n1. The molecule has 0 aliphatic heterocycles. The van der Waals surface area contributed by atoms with Gasteiger partial charge in [0.15, 0.2) is 0 Å². The van der Waals surface area contributed by atoms with Gasteiger partial charge in [0.1, 0.15) is 0 Å². The van der Waals surface area contributed by atoms with Crippen molar-refractivity contribution in [3.63, 3.8) is 0 Å². The molecule has 0 aromatic carbocycles. The van der Waals surface area contributed by atoms with Crippen LogP contribution in [0.25, 0.3) is 0 Å². The normalized spacial score (nSPS) is 13.2. The van der Waals surface area contributed by atoms with Crippen molar-refractivity contribution in [3.8, 4) is 0 Å². The number of rotatable bonds is 3. The number of nitrogens with one attached hydrogen (secondary N) is 1. The molecule has 1 rings (SSSR count). The highest BCUT2D eigenvalue weighted by molar-refractivity contribution is 7.09. The van der Waals surface area contributed by atoms with Gasteiger partial charge in [0, 0.05) is 11.8 Å². The molecule has 0 saturated heterocycles. The van der Waals surface area contributed by atoms with Crippen LogP contribution in [-0.4, -0.2) is 12.0 Å². The third kappa shape index (κ3) is 3.58. The van der Waals surface area contributed by atoms with E-state index < -0.39 is 0 Å². The van der Waals surface area contributed by atoms with Gasteiger partial charge in [0.05, 0.1) is 16.2 Å². The number of hydrogen-bond acceptors (Lipinski definition) is 3. The lowest BCUT2D eigenvalue weighted by atomic mass is 9.93. The number of nitrogens with zero attached hydrogens (tertiary/aromatic N) is 1. The molecule has 2 nitrogen and oxygen atoms in total. The predicted octanol–water partition coefficient (Wildman–Crippen LogP) is 3.19. The Morgan fingerprint density at radius 1 is 1.27 bits per heavy atom. The Bertz CT molecular complexity index is 321. The van der Waals surface area contributed by atoms with E-state index in [1.165, 1.54) is 5.01 Å². The van der Waals surface area contributed by atoms with Crippen molar-refractivity contribution in [2.75, 3.05) is 7.05 Å². The highest BCUT2D eigenvalue weighted by Gasteiger charge is 2.22. The van der Waals surface area contributed by atoms with Crippen LogP contribution >= 0.6 is 11.3 Å². The smallest absolute Gasteiger partial charge is 0.0934 e. The molecule has 0 amide bonds. The van der Waals surface area contributed by atoms with Gasteiger partial charge in [-0.2, -0.15) is 0 Å². The molecule has 0 atom stereocenters. The number of thiazole rings is 1. The van der Waals surface area contributed by atoms with Crippen molar-refractivity contribution in [1.82, 2.24) is 10.3 Å². The van der Waals surface area contributed by atoms with Gasteiger partial charge < -0.3 is 5.32 Å². The summed E-state index contributed by atoms with van der Waals surface area (Å²) in [5, 5.41) is 6.68. The van der Waals surface area contributed by atoms with Gasteiger partial charge in [-0.1, -0.05) is 20.8 Å². The Morgan fingerprint density at radius 3 is 2.33 bits per heavy atom. The average molecular weight is 226 g/mol. The molecule has 0 aliphatic carbocycles. The summed E-state index contributed by atoms with van der Waals surface area (Å²) in [6, 6.07) is 0. The standard InChI is InChI=1S/C12H22N2S/c1-11(2,3)7-10-14-9(8-15-10)12(4,5)13-6/h8,13H,7H2,1-6H3. The van der Waals surface area contributed by atoms with Crippen LogP contribution in [0.3, 0.4) is 0 Å². The maximum atomic E-state index is 4.69. The van der Waals surface area contributed by atoms with Crippen LogP contribution in [0.15, 0.2) is 5.38 Å². The first kappa shape index (κ1) is 12.7. The van der Waals surface area contributed by atoms with Crippen LogP contribution < -0.4 is 5.32 Å². The van der Waals surface area contributed by atoms with Crippen molar-refractivity contribution in [2.45, 2.75) is 46.6 Å². The third-order valence-electron chi connectivity index (χ3n) is 2.50. The van der Waals surface area contributed by atoms with E-state index in [2.05, 4.69) is 45.3 Å². The van der Waals surface area contributed by atoms with Crippen molar-refractivity contribution in [2.24, 2.45) is 5.41 Å². The van der Waals surface area contributed by atoms with Crippen molar-refractivity contribution >= 4 is 11.3 Å². The molecular weight excluding hydrogens is 204 g/mol. The second-order valence-corrected chi connectivity index (χ2v) is 6.68. The molecule has 3 heteroatoms. The highest BCUT2D eigenvalue weighted by Crippen LogP contribution is 2.26. The summed E-state index contributed by atoms with van der Waals surface area (Å²) in [5.41, 5.74) is 1.44. The van der Waals surface area contributed by atoms with E-state index in [0.29, 0.717) is 5.41 Å². The molecular formula is C12H22N2S. The minimum Gasteiger partial charge on any atom is -0.310 e. The first-order valence-corrected chi connectivity index (χ1v) is 6.26. The Morgan fingerprint density at radius 2 is 1.87 bits per heavy atom. The second-order valence-electron chi connectivity index (χ2n) is 5.74. The van der Waals surface area contributed by atoms with E-state index in [-0.39, 0.29) is 5.54 Å². The van der Waals surface area contributed by atoms with Crippen LogP contribution in [0.1, 0.15) is 45.3 Å². The monoisotopic (exact) mass is 226 g/mol. The molecule has 0 unspecified atom stereocenters. The van der Waals surface area contributed by atoms with Gasteiger partial charge in [-0.05, 0) is 26.3 Å². The molecule has 0 aliphatic rings. The van der Waals surface area contributed by atoms with Gasteiger partial charge in [0.25, 0.3) is 0 Å². The summed E-state index contributed by atoms with van der Waals surface area (Å²) < 4.78 is 0. The maximum absolute atomic E-state index is 4.69. The third-order valence-corrected chi connectivity index (χ3v) is 3.35. The Kier molecular flexibility index (Phi) is 3.56. The quantitative estimate of drug-likeness (QED) is 0.856. The molecule has 1 aromatic heterocycles. The second kappa shape index (κ2) is 4.22. The van der Waals surface area contributed by atoms with Gasteiger partial charge in [-0.3, -0.25) is 0 Å². The fourth-order valence-electron chi connectivity index (χ4n) is 1.26. The molecule has 0 bridgehead atoms. The largest absolute Gasteiger partial charge is 0.310 e. The number of hydrogen-bond donors (Lipinski definition) is 1. The molecule has 0 fully saturated rings. The Labute approximate surface area is 97.1 Å². The number of aromatic nitrogens is 1. The average Bonchev–Trinajstić information content (AvgIpc) is 2.50. The van der Waals surface area contributed by atoms with E-state index in [0.717, 1.165) is 12.1 Å². The molecule has 1 heterocycles. The Hall–Kier alpha value is -0.410. The summed E-state index contributed by atoms with van der Waals surface area (Å²) in [7, 11) is 1.97. The lowest BCUT2D eigenvalue weighted by Gasteiger charge is -2.21. The van der Waals surface area contributed by atoms with E-state index in [9.17, 15) is 0 Å². The summed E-state index contributed by atoms with van der Waals surface area (Å²) in [5.74, 6) is 0. The lowest BCUT2D eigenvalue weighted by Crippen LogP contribution is -2.33. The first-order chi connectivity index (χ1) is 6.74. The Balaban J connectivity index is 2.81. The predicted molar refractivity (Wildman–Crippen MR) is 67.4 cm³/mol. The van der Waals surface area contributed by atoms with Crippen LogP contribution in [-0.2, 0) is 12.0 Å².